The van der Waals surface area contributed by atoms with Crippen LogP contribution in [0.25, 0.3) is 11.2 Å². The molecular formula is C18H21N5O5. The molecule has 2 aromatic heterocycles. The van der Waals surface area contributed by atoms with Gasteiger partial charge in [-0.15, -0.1) is 0 Å². The van der Waals surface area contributed by atoms with Gasteiger partial charge in [-0.1, -0.05) is 30.3 Å². The molecule has 1 fully saturated rings. The van der Waals surface area contributed by atoms with E-state index in [0.717, 1.165) is 5.56 Å². The number of ether oxygens (including phenoxy) is 2. The van der Waals surface area contributed by atoms with Crippen molar-refractivity contribution in [3.05, 3.63) is 48.5 Å². The number of nitrogens with zero attached hydrogens (tertiary/aromatic N) is 4. The second kappa shape index (κ2) is 7.41. The Morgan fingerprint density at radius 1 is 1.18 bits per heavy atom. The molecule has 10 nitrogen and oxygen atoms in total. The molecule has 0 bridgehead atoms. The van der Waals surface area contributed by atoms with E-state index in [4.69, 9.17) is 15.2 Å². The fourth-order valence-electron chi connectivity index (χ4n) is 3.41. The lowest BCUT2D eigenvalue weighted by molar-refractivity contribution is -0.173. The second-order valence-corrected chi connectivity index (χ2v) is 6.64. The summed E-state index contributed by atoms with van der Waals surface area (Å²) in [4.78, 5) is 12.1. The monoisotopic (exact) mass is 387 g/mol. The number of aromatic nitrogens is 4. The number of hydrogen-bond acceptors (Lipinski definition) is 9. The van der Waals surface area contributed by atoms with E-state index in [9.17, 15) is 15.3 Å². The molecule has 1 saturated heterocycles. The molecule has 0 amide bonds. The van der Waals surface area contributed by atoms with Crippen LogP contribution < -0.4 is 5.73 Å². The average molecular weight is 387 g/mol. The van der Waals surface area contributed by atoms with Gasteiger partial charge in [0.1, 0.15) is 30.2 Å². The normalized spacial score (nSPS) is 27.5. The van der Waals surface area contributed by atoms with Crippen molar-refractivity contribution in [3.63, 3.8) is 0 Å². The standard InChI is InChI=1S/C18H21N5O5/c19-16-13-17(21-9-20-16)23(10-22-13)18(8-24)15(26)14(25)12(28-18)7-27-6-11-4-2-1-3-5-11/h1-5,9-10,12,14-15,24-26H,6-8H2,(H2,19,20,21)/t12-,14-,15-,18-/m1/s1. The zero-order valence-corrected chi connectivity index (χ0v) is 14.9. The molecular weight excluding hydrogens is 366 g/mol. The zero-order chi connectivity index (χ0) is 19.7. The first-order valence-electron chi connectivity index (χ1n) is 8.77. The number of nitrogens with two attached hydrogens (primary N) is 1. The largest absolute Gasteiger partial charge is 0.391 e. The van der Waals surface area contributed by atoms with E-state index < -0.39 is 30.6 Å². The number of aliphatic hydroxyl groups excluding tert-OH is 3. The van der Waals surface area contributed by atoms with Crippen LogP contribution in [-0.4, -0.2) is 66.4 Å². The topological polar surface area (TPSA) is 149 Å². The Balaban J connectivity index is 1.56. The molecule has 28 heavy (non-hydrogen) atoms. The van der Waals surface area contributed by atoms with Crippen LogP contribution in [-0.2, 0) is 21.8 Å². The summed E-state index contributed by atoms with van der Waals surface area (Å²) in [6.45, 7) is -0.262. The highest BCUT2D eigenvalue weighted by atomic mass is 16.6. The van der Waals surface area contributed by atoms with E-state index in [0.29, 0.717) is 12.1 Å². The maximum absolute atomic E-state index is 10.7. The molecule has 10 heteroatoms. The van der Waals surface area contributed by atoms with Crippen LogP contribution >= 0.6 is 0 Å². The molecule has 0 aliphatic carbocycles. The van der Waals surface area contributed by atoms with Crippen LogP contribution in [0.4, 0.5) is 5.82 Å². The Labute approximate surface area is 160 Å². The van der Waals surface area contributed by atoms with Crippen LogP contribution in [0, 0.1) is 0 Å². The number of aliphatic hydroxyl groups is 3. The first kappa shape index (κ1) is 18.7. The average Bonchev–Trinajstić information content (AvgIpc) is 3.25. The van der Waals surface area contributed by atoms with E-state index >= 15 is 0 Å². The molecule has 0 radical (unpaired) electrons. The predicted molar refractivity (Wildman–Crippen MR) is 97.8 cm³/mol. The molecule has 5 N–H and O–H groups in total. The molecule has 1 aliphatic heterocycles. The van der Waals surface area contributed by atoms with Gasteiger partial charge >= 0.3 is 0 Å². The quantitative estimate of drug-likeness (QED) is 0.434. The predicted octanol–water partition coefficient (Wildman–Crippen LogP) is -0.609. The summed E-state index contributed by atoms with van der Waals surface area (Å²) in [6, 6.07) is 9.54. The highest BCUT2D eigenvalue weighted by Gasteiger charge is 2.56. The van der Waals surface area contributed by atoms with Gasteiger partial charge in [0.05, 0.1) is 26.1 Å². The Bertz CT molecular complexity index is 952. The molecule has 3 heterocycles. The summed E-state index contributed by atoms with van der Waals surface area (Å²) in [5.74, 6) is 0.160. The van der Waals surface area contributed by atoms with E-state index in [2.05, 4.69) is 15.0 Å². The number of hydrogen-bond donors (Lipinski definition) is 4. The molecule has 0 unspecified atom stereocenters. The molecule has 1 aliphatic rings. The number of rotatable bonds is 6. The van der Waals surface area contributed by atoms with Gasteiger partial charge in [-0.25, -0.2) is 15.0 Å². The SMILES string of the molecule is Nc1ncnc2c1ncn2[C@]1(CO)O[C@H](COCc2ccccc2)[C@@H](O)[C@H]1O. The lowest BCUT2D eigenvalue weighted by Gasteiger charge is -2.31. The lowest BCUT2D eigenvalue weighted by atomic mass is 10.0. The van der Waals surface area contributed by atoms with Gasteiger partial charge in [0, 0.05) is 0 Å². The Kier molecular flexibility index (Phi) is 4.96. The van der Waals surface area contributed by atoms with Crippen molar-refractivity contribution in [2.75, 3.05) is 18.9 Å². The summed E-state index contributed by atoms with van der Waals surface area (Å²) in [5.41, 5.74) is 5.69. The Morgan fingerprint density at radius 2 is 1.96 bits per heavy atom. The third-order valence-electron chi connectivity index (χ3n) is 4.91. The number of anilines is 1. The third-order valence-corrected chi connectivity index (χ3v) is 4.91. The highest BCUT2D eigenvalue weighted by molar-refractivity contribution is 5.81. The lowest BCUT2D eigenvalue weighted by Crippen LogP contribution is -2.48. The van der Waals surface area contributed by atoms with E-state index in [1.807, 2.05) is 30.3 Å². The zero-order valence-electron chi connectivity index (χ0n) is 14.9. The van der Waals surface area contributed by atoms with Crippen molar-refractivity contribution < 1.29 is 24.8 Å². The van der Waals surface area contributed by atoms with Crippen molar-refractivity contribution in [1.82, 2.24) is 19.5 Å². The molecule has 0 saturated carbocycles. The molecule has 148 valence electrons. The van der Waals surface area contributed by atoms with E-state index in [1.54, 1.807) is 0 Å². The fraction of sp³-hybridized carbons (Fsp3) is 0.389. The molecule has 4 atom stereocenters. The minimum Gasteiger partial charge on any atom is -0.391 e. The van der Waals surface area contributed by atoms with Crippen LogP contribution in [0.5, 0.6) is 0 Å². The maximum atomic E-state index is 10.7. The summed E-state index contributed by atoms with van der Waals surface area (Å²) in [5, 5.41) is 31.2. The van der Waals surface area contributed by atoms with Gasteiger partial charge < -0.3 is 30.5 Å². The van der Waals surface area contributed by atoms with Gasteiger partial charge in [-0.05, 0) is 5.56 Å². The summed E-state index contributed by atoms with van der Waals surface area (Å²) in [6.07, 6.45) is -0.979. The summed E-state index contributed by atoms with van der Waals surface area (Å²) < 4.78 is 12.9. The van der Waals surface area contributed by atoms with Crippen LogP contribution in [0.1, 0.15) is 5.56 Å². The van der Waals surface area contributed by atoms with Crippen molar-refractivity contribution in [2.45, 2.75) is 30.6 Å². The van der Waals surface area contributed by atoms with Crippen molar-refractivity contribution in [3.8, 4) is 0 Å². The van der Waals surface area contributed by atoms with Crippen molar-refractivity contribution >= 4 is 17.0 Å². The Hall–Kier alpha value is -2.63. The van der Waals surface area contributed by atoms with Gasteiger partial charge in [0.15, 0.2) is 17.2 Å². The fourth-order valence-corrected chi connectivity index (χ4v) is 3.41. The van der Waals surface area contributed by atoms with Crippen LogP contribution in [0.2, 0.25) is 0 Å². The first-order valence-corrected chi connectivity index (χ1v) is 8.77. The molecule has 0 spiro atoms. The summed E-state index contributed by atoms with van der Waals surface area (Å²) in [7, 11) is 0. The van der Waals surface area contributed by atoms with Gasteiger partial charge in [-0.2, -0.15) is 0 Å². The second-order valence-electron chi connectivity index (χ2n) is 6.64. The van der Waals surface area contributed by atoms with E-state index in [1.165, 1.54) is 17.2 Å². The minimum atomic E-state index is -1.67. The minimum absolute atomic E-state index is 0.0264. The van der Waals surface area contributed by atoms with Crippen molar-refractivity contribution in [1.29, 1.82) is 0 Å². The molecule has 1 aromatic carbocycles. The molecule has 4 rings (SSSR count). The van der Waals surface area contributed by atoms with Crippen molar-refractivity contribution in [2.24, 2.45) is 0 Å². The highest BCUT2D eigenvalue weighted by Crippen LogP contribution is 2.37. The number of imidazole rings is 1. The smallest absolute Gasteiger partial charge is 0.199 e. The number of fused-ring (bicyclic) bond motifs is 1. The van der Waals surface area contributed by atoms with Gasteiger partial charge in [-0.3, -0.25) is 4.57 Å². The Morgan fingerprint density at radius 3 is 2.71 bits per heavy atom. The molecule has 3 aromatic rings. The maximum Gasteiger partial charge on any atom is 0.199 e. The summed E-state index contributed by atoms with van der Waals surface area (Å²) >= 11 is 0. The third kappa shape index (κ3) is 3.01. The van der Waals surface area contributed by atoms with Crippen LogP contribution in [0.3, 0.4) is 0 Å². The van der Waals surface area contributed by atoms with Gasteiger partial charge in [0.2, 0.25) is 0 Å². The van der Waals surface area contributed by atoms with Gasteiger partial charge in [0.25, 0.3) is 0 Å². The number of nitrogen functional groups attached to an aromatic ring is 1. The first-order chi connectivity index (χ1) is 13.6. The van der Waals surface area contributed by atoms with E-state index in [-0.39, 0.29) is 18.1 Å². The van der Waals surface area contributed by atoms with Crippen LogP contribution in [0.15, 0.2) is 43.0 Å². The number of benzene rings is 1.